The lowest BCUT2D eigenvalue weighted by Gasteiger charge is -2.26. The number of carbonyl (C=O) groups excluding carboxylic acids is 1. The van der Waals surface area contributed by atoms with Crippen molar-refractivity contribution >= 4 is 12.0 Å². The fourth-order valence-electron chi connectivity index (χ4n) is 1.95. The van der Waals surface area contributed by atoms with Gasteiger partial charge in [0.05, 0.1) is 12.7 Å². The predicted octanol–water partition coefficient (Wildman–Crippen LogP) is -0.311. The molecule has 1 rings (SSSR count). The Labute approximate surface area is 106 Å². The highest BCUT2D eigenvalue weighted by Gasteiger charge is 2.23. The summed E-state index contributed by atoms with van der Waals surface area (Å²) < 4.78 is 4.71. The van der Waals surface area contributed by atoms with Crippen molar-refractivity contribution in [2.24, 2.45) is 0 Å². The quantitative estimate of drug-likeness (QED) is 0.542. The van der Waals surface area contributed by atoms with Crippen molar-refractivity contribution in [3.63, 3.8) is 0 Å². The summed E-state index contributed by atoms with van der Waals surface area (Å²) in [5.74, 6) is -1.13. The Bertz CT molecular complexity index is 289. The van der Waals surface area contributed by atoms with E-state index in [0.29, 0.717) is 25.7 Å². The number of hydrogen-bond donors (Lipinski definition) is 4. The van der Waals surface area contributed by atoms with Crippen molar-refractivity contribution in [2.75, 3.05) is 13.7 Å². The second-order valence-corrected chi connectivity index (χ2v) is 4.47. The summed E-state index contributed by atoms with van der Waals surface area (Å²) in [7, 11) is 1.37. The SMILES string of the molecule is COCC(NC(=O)NC1CCC(O)CC1)C(=O)O. The topological polar surface area (TPSA) is 108 Å². The summed E-state index contributed by atoms with van der Waals surface area (Å²) in [4.78, 5) is 22.4. The standard InChI is InChI=1S/C11H20N2O5/c1-18-6-9(10(15)16)13-11(17)12-7-2-4-8(14)5-3-7/h7-9,14H,2-6H2,1H3,(H,15,16)(H2,12,13,17). The van der Waals surface area contributed by atoms with Gasteiger partial charge in [-0.25, -0.2) is 9.59 Å². The number of amides is 2. The predicted molar refractivity (Wildman–Crippen MR) is 63.2 cm³/mol. The van der Waals surface area contributed by atoms with Crippen molar-refractivity contribution in [2.45, 2.75) is 43.9 Å². The molecule has 0 aliphatic heterocycles. The van der Waals surface area contributed by atoms with Crippen LogP contribution in [-0.4, -0.2) is 54.1 Å². The first-order valence-electron chi connectivity index (χ1n) is 5.99. The first kappa shape index (κ1) is 14.7. The Hall–Kier alpha value is -1.34. The molecule has 0 saturated heterocycles. The van der Waals surface area contributed by atoms with Crippen LogP contribution in [0.2, 0.25) is 0 Å². The summed E-state index contributed by atoms with van der Waals surface area (Å²) in [5.41, 5.74) is 0. The number of carbonyl (C=O) groups is 2. The van der Waals surface area contributed by atoms with Crippen LogP contribution in [0.1, 0.15) is 25.7 Å². The van der Waals surface area contributed by atoms with Crippen LogP contribution in [0.15, 0.2) is 0 Å². The number of aliphatic hydroxyl groups excluding tert-OH is 1. The van der Waals surface area contributed by atoms with Crippen molar-refractivity contribution in [3.8, 4) is 0 Å². The zero-order chi connectivity index (χ0) is 13.5. The molecule has 7 heteroatoms. The van der Waals surface area contributed by atoms with E-state index in [0.717, 1.165) is 0 Å². The normalized spacial score (nSPS) is 25.2. The summed E-state index contributed by atoms with van der Waals surface area (Å²) in [5, 5.41) is 23.2. The Kier molecular flexibility index (Phi) is 5.87. The van der Waals surface area contributed by atoms with Crippen molar-refractivity contribution in [1.82, 2.24) is 10.6 Å². The largest absolute Gasteiger partial charge is 0.480 e. The lowest BCUT2D eigenvalue weighted by molar-refractivity contribution is -0.140. The molecule has 1 fully saturated rings. The fourth-order valence-corrected chi connectivity index (χ4v) is 1.95. The lowest BCUT2D eigenvalue weighted by Crippen LogP contribution is -2.51. The van der Waals surface area contributed by atoms with Crippen LogP contribution in [0.25, 0.3) is 0 Å². The zero-order valence-electron chi connectivity index (χ0n) is 10.4. The summed E-state index contributed by atoms with van der Waals surface area (Å²) in [6.45, 7) is -0.0772. The number of urea groups is 1. The van der Waals surface area contributed by atoms with Crippen molar-refractivity contribution in [3.05, 3.63) is 0 Å². The first-order valence-corrected chi connectivity index (χ1v) is 5.99. The van der Waals surface area contributed by atoms with Crippen LogP contribution in [0, 0.1) is 0 Å². The smallest absolute Gasteiger partial charge is 0.328 e. The molecule has 1 unspecified atom stereocenters. The second-order valence-electron chi connectivity index (χ2n) is 4.47. The number of nitrogens with one attached hydrogen (secondary N) is 2. The van der Waals surface area contributed by atoms with E-state index >= 15 is 0 Å². The van der Waals surface area contributed by atoms with Gasteiger partial charge in [0.15, 0.2) is 6.04 Å². The Morgan fingerprint density at radius 2 is 1.94 bits per heavy atom. The molecule has 1 aliphatic rings. The van der Waals surface area contributed by atoms with Crippen LogP contribution >= 0.6 is 0 Å². The minimum absolute atomic E-state index is 0.00890. The van der Waals surface area contributed by atoms with E-state index in [1.807, 2.05) is 0 Å². The Morgan fingerprint density at radius 3 is 2.44 bits per heavy atom. The van der Waals surface area contributed by atoms with Gasteiger partial charge in [-0.1, -0.05) is 0 Å². The molecule has 18 heavy (non-hydrogen) atoms. The van der Waals surface area contributed by atoms with Crippen LogP contribution in [0.4, 0.5) is 4.79 Å². The summed E-state index contributed by atoms with van der Waals surface area (Å²) in [6, 6.07) is -1.57. The lowest BCUT2D eigenvalue weighted by atomic mass is 9.93. The van der Waals surface area contributed by atoms with Gasteiger partial charge in [-0.15, -0.1) is 0 Å². The molecule has 0 aromatic carbocycles. The van der Waals surface area contributed by atoms with E-state index in [4.69, 9.17) is 9.84 Å². The number of carboxylic acid groups (broad SMARTS) is 1. The molecule has 2 amide bonds. The van der Waals surface area contributed by atoms with E-state index in [9.17, 15) is 14.7 Å². The molecule has 1 saturated carbocycles. The van der Waals surface area contributed by atoms with Crippen LogP contribution in [0.5, 0.6) is 0 Å². The maximum Gasteiger partial charge on any atom is 0.328 e. The molecular formula is C11H20N2O5. The third kappa shape index (κ3) is 4.89. The van der Waals surface area contributed by atoms with Gasteiger partial charge in [-0.2, -0.15) is 0 Å². The van der Waals surface area contributed by atoms with Gasteiger partial charge in [0, 0.05) is 13.2 Å². The number of carboxylic acids is 1. The van der Waals surface area contributed by atoms with Gasteiger partial charge < -0.3 is 25.6 Å². The molecule has 1 aliphatic carbocycles. The molecule has 4 N–H and O–H groups in total. The van der Waals surface area contributed by atoms with Crippen molar-refractivity contribution < 1.29 is 24.5 Å². The third-order valence-electron chi connectivity index (χ3n) is 2.97. The number of hydrogen-bond acceptors (Lipinski definition) is 4. The van der Waals surface area contributed by atoms with E-state index in [2.05, 4.69) is 10.6 Å². The summed E-state index contributed by atoms with van der Waals surface area (Å²) >= 11 is 0. The van der Waals surface area contributed by atoms with Gasteiger partial charge in [-0.3, -0.25) is 0 Å². The van der Waals surface area contributed by atoms with E-state index < -0.39 is 18.0 Å². The molecule has 104 valence electrons. The first-order chi connectivity index (χ1) is 8.52. The van der Waals surface area contributed by atoms with E-state index in [-0.39, 0.29) is 18.8 Å². The molecule has 0 bridgehead atoms. The third-order valence-corrected chi connectivity index (χ3v) is 2.97. The van der Waals surface area contributed by atoms with Crippen LogP contribution < -0.4 is 10.6 Å². The molecule has 0 aromatic heterocycles. The number of ether oxygens (including phenoxy) is 1. The maximum absolute atomic E-state index is 11.6. The molecule has 0 radical (unpaired) electrons. The zero-order valence-corrected chi connectivity index (χ0v) is 10.4. The number of rotatable bonds is 5. The minimum atomic E-state index is -1.13. The van der Waals surface area contributed by atoms with Gasteiger partial charge in [-0.05, 0) is 25.7 Å². The van der Waals surface area contributed by atoms with Crippen LogP contribution in [-0.2, 0) is 9.53 Å². The number of aliphatic hydroxyl groups is 1. The molecule has 7 nitrogen and oxygen atoms in total. The summed E-state index contributed by atoms with van der Waals surface area (Å²) in [6.07, 6.45) is 2.44. The second kappa shape index (κ2) is 7.17. The van der Waals surface area contributed by atoms with E-state index in [1.54, 1.807) is 0 Å². The molecule has 0 aromatic rings. The fraction of sp³-hybridized carbons (Fsp3) is 0.818. The van der Waals surface area contributed by atoms with Crippen LogP contribution in [0.3, 0.4) is 0 Å². The van der Waals surface area contributed by atoms with Gasteiger partial charge in [0.25, 0.3) is 0 Å². The van der Waals surface area contributed by atoms with Gasteiger partial charge in [0.1, 0.15) is 0 Å². The Morgan fingerprint density at radius 1 is 1.33 bits per heavy atom. The minimum Gasteiger partial charge on any atom is -0.480 e. The maximum atomic E-state index is 11.6. The molecule has 0 heterocycles. The highest BCUT2D eigenvalue weighted by Crippen LogP contribution is 2.18. The Balaban J connectivity index is 2.33. The molecule has 0 spiro atoms. The monoisotopic (exact) mass is 260 g/mol. The molecule has 1 atom stereocenters. The van der Waals surface area contributed by atoms with Gasteiger partial charge in [0.2, 0.25) is 0 Å². The number of methoxy groups -OCH3 is 1. The number of aliphatic carboxylic acids is 1. The van der Waals surface area contributed by atoms with Gasteiger partial charge >= 0.3 is 12.0 Å². The highest BCUT2D eigenvalue weighted by atomic mass is 16.5. The van der Waals surface area contributed by atoms with E-state index in [1.165, 1.54) is 7.11 Å². The average Bonchev–Trinajstić information content (AvgIpc) is 2.31. The average molecular weight is 260 g/mol. The highest BCUT2D eigenvalue weighted by molar-refractivity contribution is 5.82. The van der Waals surface area contributed by atoms with Crippen molar-refractivity contribution in [1.29, 1.82) is 0 Å². The molecular weight excluding hydrogens is 240 g/mol.